The predicted octanol–water partition coefficient (Wildman–Crippen LogP) is 1.76. The van der Waals surface area contributed by atoms with Crippen LogP contribution in [-0.4, -0.2) is 46.2 Å². The fraction of sp³-hybridized carbons (Fsp3) is 0.409. The van der Waals surface area contributed by atoms with Crippen LogP contribution in [0.2, 0.25) is 0 Å². The number of aromatic nitrogens is 3. The Morgan fingerprint density at radius 1 is 1.17 bits per heavy atom. The molecule has 150 valence electrons. The number of nitrogens with zero attached hydrogens (tertiary/aromatic N) is 3. The number of fused-ring (bicyclic) bond motifs is 4. The number of hydrogen-bond donors (Lipinski definition) is 1. The number of ether oxygens (including phenoxy) is 1. The van der Waals surface area contributed by atoms with E-state index < -0.39 is 0 Å². The summed E-state index contributed by atoms with van der Waals surface area (Å²) in [6.45, 7) is 2.99. The highest BCUT2D eigenvalue weighted by molar-refractivity contribution is 5.71. The third-order valence-corrected chi connectivity index (χ3v) is 6.45. The van der Waals surface area contributed by atoms with Gasteiger partial charge in [0.05, 0.1) is 12.6 Å². The minimum absolute atomic E-state index is 0.309. The fourth-order valence-electron chi connectivity index (χ4n) is 5.03. The molecule has 1 fully saturated rings. The summed E-state index contributed by atoms with van der Waals surface area (Å²) in [5.74, 6) is 2.09. The van der Waals surface area contributed by atoms with Crippen LogP contribution in [0.3, 0.4) is 0 Å². The van der Waals surface area contributed by atoms with Gasteiger partial charge in [0, 0.05) is 38.3 Å². The van der Waals surface area contributed by atoms with Crippen molar-refractivity contribution >= 4 is 11.0 Å². The average Bonchev–Trinajstić information content (AvgIpc) is 3.16. The smallest absolute Gasteiger partial charge is 0.328 e. The van der Waals surface area contributed by atoms with E-state index >= 15 is 0 Å². The molecule has 0 radical (unpaired) electrons. The summed E-state index contributed by atoms with van der Waals surface area (Å²) in [7, 11) is 1.73. The number of pyridine rings is 1. The zero-order valence-electron chi connectivity index (χ0n) is 16.4. The van der Waals surface area contributed by atoms with Crippen LogP contribution < -0.4 is 16.0 Å². The molecule has 0 bridgehead atoms. The van der Waals surface area contributed by atoms with Gasteiger partial charge in [-0.2, -0.15) is 0 Å². The summed E-state index contributed by atoms with van der Waals surface area (Å²) in [5.41, 5.74) is 2.83. The van der Waals surface area contributed by atoms with E-state index in [0.717, 1.165) is 31.7 Å². The lowest BCUT2D eigenvalue weighted by atomic mass is 9.77. The molecule has 3 aromatic rings. The molecule has 29 heavy (non-hydrogen) atoms. The van der Waals surface area contributed by atoms with E-state index in [-0.39, 0.29) is 11.2 Å². The Hall–Kier alpha value is -2.93. The molecule has 1 aromatic carbocycles. The molecule has 0 unspecified atom stereocenters. The number of likely N-dealkylation sites (tertiary alicyclic amines) is 1. The molecule has 0 saturated carbocycles. The van der Waals surface area contributed by atoms with Gasteiger partial charge < -0.3 is 14.6 Å². The number of hydrogen-bond acceptors (Lipinski definition) is 5. The maximum absolute atomic E-state index is 12.7. The lowest BCUT2D eigenvalue weighted by Gasteiger charge is -2.28. The molecule has 7 heteroatoms. The molecule has 0 amide bonds. The maximum atomic E-state index is 12.7. The molecule has 1 N–H and O–H groups in total. The van der Waals surface area contributed by atoms with Gasteiger partial charge in [-0.05, 0) is 48.1 Å². The molecular weight excluding hydrogens is 368 g/mol. The summed E-state index contributed by atoms with van der Waals surface area (Å²) in [6.07, 6.45) is 3.77. The molecule has 1 aliphatic heterocycles. The van der Waals surface area contributed by atoms with E-state index in [1.54, 1.807) is 25.4 Å². The van der Waals surface area contributed by atoms with Crippen molar-refractivity contribution in [1.82, 2.24) is 19.4 Å². The van der Waals surface area contributed by atoms with Crippen LogP contribution >= 0.6 is 0 Å². The minimum Gasteiger partial charge on any atom is -0.496 e. The predicted molar refractivity (Wildman–Crippen MR) is 111 cm³/mol. The summed E-state index contributed by atoms with van der Waals surface area (Å²) < 4.78 is 6.83. The molecule has 2 atom stereocenters. The molecule has 2 aromatic heterocycles. The van der Waals surface area contributed by atoms with Gasteiger partial charge in [-0.1, -0.05) is 12.1 Å². The molecule has 2 aliphatic rings. The second kappa shape index (κ2) is 7.15. The SMILES string of the molecule is COc1cccc2c1CC[C@H]1CN(CCn3c(=O)[nH]c4cccnc4c3=O)C[C@@H]21. The summed E-state index contributed by atoms with van der Waals surface area (Å²) >= 11 is 0. The van der Waals surface area contributed by atoms with Crippen LogP contribution in [0.15, 0.2) is 46.1 Å². The van der Waals surface area contributed by atoms with Gasteiger partial charge in [0.1, 0.15) is 5.75 Å². The van der Waals surface area contributed by atoms with Crippen molar-refractivity contribution in [3.63, 3.8) is 0 Å². The molecule has 5 rings (SSSR count). The molecule has 1 saturated heterocycles. The van der Waals surface area contributed by atoms with Gasteiger partial charge in [0.15, 0.2) is 5.52 Å². The van der Waals surface area contributed by atoms with Crippen LogP contribution in [0.25, 0.3) is 11.0 Å². The van der Waals surface area contributed by atoms with Crippen molar-refractivity contribution in [1.29, 1.82) is 0 Å². The molecule has 3 heterocycles. The van der Waals surface area contributed by atoms with Gasteiger partial charge >= 0.3 is 5.69 Å². The summed E-state index contributed by atoms with van der Waals surface area (Å²) in [4.78, 5) is 34.3. The highest BCUT2D eigenvalue weighted by Crippen LogP contribution is 2.43. The summed E-state index contributed by atoms with van der Waals surface area (Å²) in [5, 5.41) is 0. The van der Waals surface area contributed by atoms with E-state index in [1.165, 1.54) is 15.7 Å². The monoisotopic (exact) mass is 392 g/mol. The van der Waals surface area contributed by atoms with Crippen LogP contribution in [0, 0.1) is 5.92 Å². The van der Waals surface area contributed by atoms with Gasteiger partial charge in [-0.3, -0.25) is 9.36 Å². The third kappa shape index (κ3) is 3.06. The zero-order valence-corrected chi connectivity index (χ0v) is 16.4. The number of H-pyrrole nitrogens is 1. The highest BCUT2D eigenvalue weighted by Gasteiger charge is 2.38. The first-order chi connectivity index (χ1) is 14.2. The Labute approximate surface area is 168 Å². The fourth-order valence-corrected chi connectivity index (χ4v) is 5.03. The quantitative estimate of drug-likeness (QED) is 0.732. The number of benzene rings is 1. The van der Waals surface area contributed by atoms with Crippen molar-refractivity contribution in [3.8, 4) is 5.75 Å². The van der Waals surface area contributed by atoms with Gasteiger partial charge in [-0.25, -0.2) is 9.78 Å². The van der Waals surface area contributed by atoms with Crippen molar-refractivity contribution in [2.24, 2.45) is 5.92 Å². The standard InChI is InChI=1S/C22H24N4O3/c1-29-19-6-2-4-15-16(19)8-7-14-12-25(13-17(14)15)10-11-26-21(27)20-18(24-22(26)28)5-3-9-23-20/h2-6,9,14,17H,7-8,10-13H2,1H3,(H,24,28)/t14-,17+/m0/s1. The number of rotatable bonds is 4. The number of methoxy groups -OCH3 is 1. The van der Waals surface area contributed by atoms with Crippen molar-refractivity contribution < 1.29 is 4.74 Å². The van der Waals surface area contributed by atoms with Crippen LogP contribution in [0.1, 0.15) is 23.5 Å². The van der Waals surface area contributed by atoms with E-state index in [2.05, 4.69) is 27.0 Å². The van der Waals surface area contributed by atoms with Gasteiger partial charge in [-0.15, -0.1) is 0 Å². The minimum atomic E-state index is -0.373. The topological polar surface area (TPSA) is 80.2 Å². The molecule has 7 nitrogen and oxygen atoms in total. The first-order valence-corrected chi connectivity index (χ1v) is 10.1. The lowest BCUT2D eigenvalue weighted by molar-refractivity contribution is 0.303. The lowest BCUT2D eigenvalue weighted by Crippen LogP contribution is -2.39. The second-order valence-electron chi connectivity index (χ2n) is 7.98. The van der Waals surface area contributed by atoms with E-state index in [1.807, 2.05) is 6.07 Å². The van der Waals surface area contributed by atoms with Crippen molar-refractivity contribution in [2.45, 2.75) is 25.3 Å². The molecule has 1 aliphatic carbocycles. The van der Waals surface area contributed by atoms with Crippen LogP contribution in [0.4, 0.5) is 0 Å². The van der Waals surface area contributed by atoms with E-state index in [4.69, 9.17) is 4.74 Å². The van der Waals surface area contributed by atoms with Crippen LogP contribution in [-0.2, 0) is 13.0 Å². The Morgan fingerprint density at radius 3 is 2.93 bits per heavy atom. The van der Waals surface area contributed by atoms with Crippen LogP contribution in [0.5, 0.6) is 5.75 Å². The van der Waals surface area contributed by atoms with Gasteiger partial charge in [0.2, 0.25) is 0 Å². The zero-order chi connectivity index (χ0) is 20.0. The van der Waals surface area contributed by atoms with E-state index in [0.29, 0.717) is 36.0 Å². The Balaban J connectivity index is 1.36. The van der Waals surface area contributed by atoms with Crippen molar-refractivity contribution in [3.05, 3.63) is 68.5 Å². The third-order valence-electron chi connectivity index (χ3n) is 6.45. The molecule has 0 spiro atoms. The maximum Gasteiger partial charge on any atom is 0.328 e. The number of aromatic amines is 1. The average molecular weight is 392 g/mol. The first kappa shape index (κ1) is 18.1. The number of nitrogens with one attached hydrogen (secondary N) is 1. The molecular formula is C22H24N4O3. The highest BCUT2D eigenvalue weighted by atomic mass is 16.5. The Kier molecular flexibility index (Phi) is 4.47. The Bertz CT molecular complexity index is 1180. The normalized spacial score (nSPS) is 21.1. The largest absolute Gasteiger partial charge is 0.496 e. The summed E-state index contributed by atoms with van der Waals surface area (Å²) in [6, 6.07) is 9.75. The van der Waals surface area contributed by atoms with Crippen molar-refractivity contribution in [2.75, 3.05) is 26.7 Å². The first-order valence-electron chi connectivity index (χ1n) is 10.1. The Morgan fingerprint density at radius 2 is 2.07 bits per heavy atom. The van der Waals surface area contributed by atoms with E-state index in [9.17, 15) is 9.59 Å². The second-order valence-corrected chi connectivity index (χ2v) is 7.98. The van der Waals surface area contributed by atoms with Gasteiger partial charge in [0.25, 0.3) is 5.56 Å².